The Morgan fingerprint density at radius 1 is 1.33 bits per heavy atom. The van der Waals surface area contributed by atoms with E-state index in [-0.39, 0.29) is 5.91 Å². The molecule has 2 aromatic heterocycles. The Kier molecular flexibility index (Phi) is 4.64. The number of aromatic nitrogens is 6. The minimum Gasteiger partial charge on any atom is -0.349 e. The van der Waals surface area contributed by atoms with E-state index in [0.29, 0.717) is 12.4 Å². The minimum atomic E-state index is -0.552. The lowest BCUT2D eigenvalue weighted by atomic mass is 10.2. The Labute approximate surface area is 139 Å². The lowest BCUT2D eigenvalue weighted by Crippen LogP contribution is -2.31. The van der Waals surface area contributed by atoms with Crippen molar-refractivity contribution < 1.29 is 4.79 Å². The van der Waals surface area contributed by atoms with Crippen molar-refractivity contribution >= 4 is 5.91 Å². The van der Waals surface area contributed by atoms with Gasteiger partial charge < -0.3 is 5.32 Å². The van der Waals surface area contributed by atoms with Crippen molar-refractivity contribution in [3.8, 4) is 11.4 Å². The van der Waals surface area contributed by atoms with E-state index in [2.05, 4.69) is 30.9 Å². The summed E-state index contributed by atoms with van der Waals surface area (Å²) in [5.74, 6) is 0.316. The molecule has 2 N–H and O–H groups in total. The van der Waals surface area contributed by atoms with Crippen molar-refractivity contribution in [3.63, 3.8) is 0 Å². The maximum absolute atomic E-state index is 12.3. The van der Waals surface area contributed by atoms with Crippen LogP contribution in [0.2, 0.25) is 0 Å². The average Bonchev–Trinajstić information content (AvgIpc) is 3.29. The largest absolute Gasteiger partial charge is 0.349 e. The van der Waals surface area contributed by atoms with Crippen LogP contribution in [0.25, 0.3) is 11.4 Å². The average molecular weight is 325 g/mol. The van der Waals surface area contributed by atoms with Gasteiger partial charge in [-0.15, -0.1) is 10.2 Å². The number of tetrazole rings is 1. The second-order valence-corrected chi connectivity index (χ2v) is 5.43. The van der Waals surface area contributed by atoms with Crippen molar-refractivity contribution in [2.75, 3.05) is 0 Å². The van der Waals surface area contributed by atoms with E-state index in [4.69, 9.17) is 0 Å². The molecular weight excluding hydrogens is 306 g/mol. The zero-order valence-electron chi connectivity index (χ0n) is 13.6. The van der Waals surface area contributed by atoms with Crippen LogP contribution in [0.1, 0.15) is 31.3 Å². The second kappa shape index (κ2) is 7.03. The quantitative estimate of drug-likeness (QED) is 0.715. The summed E-state index contributed by atoms with van der Waals surface area (Å²) in [6.45, 7) is 4.15. The first kappa shape index (κ1) is 15.9. The maximum atomic E-state index is 12.3. The van der Waals surface area contributed by atoms with E-state index in [1.807, 2.05) is 43.3 Å². The Morgan fingerprint density at radius 2 is 2.12 bits per heavy atom. The molecule has 1 atom stereocenters. The van der Waals surface area contributed by atoms with Gasteiger partial charge in [0.2, 0.25) is 11.7 Å². The van der Waals surface area contributed by atoms with Crippen molar-refractivity contribution in [2.45, 2.75) is 32.9 Å². The Balaban J connectivity index is 1.62. The smallest absolute Gasteiger partial charge is 0.246 e. The molecule has 0 radical (unpaired) electrons. The van der Waals surface area contributed by atoms with E-state index >= 15 is 0 Å². The third-order valence-electron chi connectivity index (χ3n) is 3.69. The topological polar surface area (TPSA) is 101 Å². The van der Waals surface area contributed by atoms with Gasteiger partial charge in [0.05, 0.1) is 17.9 Å². The summed E-state index contributed by atoms with van der Waals surface area (Å²) < 4.78 is 0. The summed E-state index contributed by atoms with van der Waals surface area (Å²) in [4.78, 5) is 13.6. The third-order valence-corrected chi connectivity index (χ3v) is 3.69. The third kappa shape index (κ3) is 3.48. The Hall–Kier alpha value is -3.03. The van der Waals surface area contributed by atoms with Crippen LogP contribution in [0.5, 0.6) is 0 Å². The molecule has 0 aliphatic carbocycles. The fraction of sp³-hybridized carbons (Fsp3) is 0.312. The molecule has 0 spiro atoms. The molecule has 3 aromatic rings. The Bertz CT molecular complexity index is 809. The van der Waals surface area contributed by atoms with Gasteiger partial charge in [-0.1, -0.05) is 37.3 Å². The maximum Gasteiger partial charge on any atom is 0.246 e. The predicted molar refractivity (Wildman–Crippen MR) is 87.8 cm³/mol. The number of carbonyl (C=O) groups is 1. The monoisotopic (exact) mass is 325 g/mol. The molecule has 8 heteroatoms. The number of amides is 1. The van der Waals surface area contributed by atoms with Crippen molar-refractivity contribution in [1.29, 1.82) is 0 Å². The lowest BCUT2D eigenvalue weighted by Gasteiger charge is -2.09. The molecular formula is C16H19N7O. The van der Waals surface area contributed by atoms with Gasteiger partial charge in [-0.05, 0) is 24.6 Å². The molecule has 0 fully saturated rings. The molecule has 3 rings (SSSR count). The highest BCUT2D eigenvalue weighted by Crippen LogP contribution is 2.13. The fourth-order valence-corrected chi connectivity index (χ4v) is 2.21. The lowest BCUT2D eigenvalue weighted by molar-refractivity contribution is -0.124. The molecule has 1 aromatic carbocycles. The number of carbonyl (C=O) groups excluding carboxylic acids is 1. The highest BCUT2D eigenvalue weighted by Gasteiger charge is 2.18. The molecule has 1 amide bonds. The number of hydrogen-bond acceptors (Lipinski definition) is 5. The first-order valence-electron chi connectivity index (χ1n) is 7.83. The van der Waals surface area contributed by atoms with Crippen LogP contribution in [0.4, 0.5) is 0 Å². The number of hydrogen-bond donors (Lipinski definition) is 2. The van der Waals surface area contributed by atoms with Gasteiger partial charge in [-0.3, -0.25) is 9.89 Å². The number of nitrogens with one attached hydrogen (secondary N) is 2. The highest BCUT2D eigenvalue weighted by atomic mass is 16.2. The summed E-state index contributed by atoms with van der Waals surface area (Å²) in [5.41, 5.74) is 2.70. The minimum absolute atomic E-state index is 0.181. The molecule has 8 nitrogen and oxygen atoms in total. The predicted octanol–water partition coefficient (Wildman–Crippen LogP) is 1.50. The molecule has 124 valence electrons. The highest BCUT2D eigenvalue weighted by molar-refractivity contribution is 5.79. The summed E-state index contributed by atoms with van der Waals surface area (Å²) in [7, 11) is 0. The number of benzene rings is 1. The molecule has 24 heavy (non-hydrogen) atoms. The van der Waals surface area contributed by atoms with Gasteiger partial charge in [0.15, 0.2) is 0 Å². The first-order valence-corrected chi connectivity index (χ1v) is 7.83. The molecule has 2 heterocycles. The van der Waals surface area contributed by atoms with Crippen molar-refractivity contribution in [2.24, 2.45) is 0 Å². The number of aromatic amines is 1. The van der Waals surface area contributed by atoms with Crippen LogP contribution < -0.4 is 5.32 Å². The molecule has 0 saturated carbocycles. The molecule has 0 saturated heterocycles. The van der Waals surface area contributed by atoms with Gasteiger partial charge in [-0.2, -0.15) is 9.90 Å². The fourth-order valence-electron chi connectivity index (χ4n) is 2.21. The number of H-pyrrole nitrogens is 1. The summed E-state index contributed by atoms with van der Waals surface area (Å²) >= 11 is 0. The van der Waals surface area contributed by atoms with Crippen molar-refractivity contribution in [1.82, 2.24) is 35.7 Å². The Morgan fingerprint density at radius 3 is 2.83 bits per heavy atom. The van der Waals surface area contributed by atoms with Crippen LogP contribution in [-0.4, -0.2) is 36.3 Å². The normalized spacial score (nSPS) is 12.1. The van der Waals surface area contributed by atoms with Gasteiger partial charge in [0, 0.05) is 5.56 Å². The summed E-state index contributed by atoms with van der Waals surface area (Å²) in [6, 6.07) is 10.9. The van der Waals surface area contributed by atoms with Crippen LogP contribution >= 0.6 is 0 Å². The van der Waals surface area contributed by atoms with Gasteiger partial charge >= 0.3 is 0 Å². The zero-order valence-corrected chi connectivity index (χ0v) is 13.6. The van der Waals surface area contributed by atoms with E-state index < -0.39 is 6.04 Å². The standard InChI is InChI=1S/C16H19N7O/c1-3-13-9-14(19-18-13)10-17-16(24)11(2)23-21-15(20-22-23)12-7-5-4-6-8-12/h4-9,11H,3,10H2,1-2H3,(H,17,24)(H,18,19)/t11-/m1/s1. The van der Waals surface area contributed by atoms with Gasteiger partial charge in [0.25, 0.3) is 0 Å². The van der Waals surface area contributed by atoms with Crippen LogP contribution in [0, 0.1) is 0 Å². The first-order chi connectivity index (χ1) is 11.7. The van der Waals surface area contributed by atoms with E-state index in [1.165, 1.54) is 4.80 Å². The van der Waals surface area contributed by atoms with E-state index in [0.717, 1.165) is 23.4 Å². The van der Waals surface area contributed by atoms with Gasteiger partial charge in [0.1, 0.15) is 6.04 Å². The summed E-state index contributed by atoms with van der Waals surface area (Å²) in [6.07, 6.45) is 0.853. The van der Waals surface area contributed by atoms with Crippen molar-refractivity contribution in [3.05, 3.63) is 47.8 Å². The molecule has 0 bridgehead atoms. The SMILES string of the molecule is CCc1cc(CNC(=O)[C@@H](C)n2nnc(-c3ccccc3)n2)[nH]n1. The van der Waals surface area contributed by atoms with E-state index in [9.17, 15) is 4.79 Å². The molecule has 0 aliphatic rings. The summed E-state index contributed by atoms with van der Waals surface area (Å²) in [5, 5.41) is 22.2. The number of rotatable bonds is 6. The van der Waals surface area contributed by atoms with Crippen LogP contribution in [0.3, 0.4) is 0 Å². The van der Waals surface area contributed by atoms with Crippen LogP contribution in [-0.2, 0) is 17.8 Å². The number of nitrogens with zero attached hydrogens (tertiary/aromatic N) is 5. The van der Waals surface area contributed by atoms with Crippen LogP contribution in [0.15, 0.2) is 36.4 Å². The van der Waals surface area contributed by atoms with E-state index in [1.54, 1.807) is 6.92 Å². The zero-order chi connectivity index (χ0) is 16.9. The second-order valence-electron chi connectivity index (χ2n) is 5.43. The van der Waals surface area contributed by atoms with Gasteiger partial charge in [-0.25, -0.2) is 0 Å². The molecule has 0 aliphatic heterocycles. The number of aryl methyl sites for hydroxylation is 1. The molecule has 0 unspecified atom stereocenters.